The van der Waals surface area contributed by atoms with E-state index in [0.717, 1.165) is 0 Å². The largest absolute Gasteiger partial charge is 0.493 e. The van der Waals surface area contributed by atoms with E-state index in [1.807, 2.05) is 0 Å². The molecule has 0 spiro atoms. The van der Waals surface area contributed by atoms with Crippen molar-refractivity contribution in [2.45, 2.75) is 0 Å². The molecule has 0 fully saturated rings. The lowest BCUT2D eigenvalue weighted by atomic mass is 10.1. The third-order valence-corrected chi connectivity index (χ3v) is 2.93. The SMILES string of the molecule is COc1cccc(OC)c1Oc1cccc(C(N)=O)c1N. The van der Waals surface area contributed by atoms with E-state index in [-0.39, 0.29) is 11.3 Å². The summed E-state index contributed by atoms with van der Waals surface area (Å²) in [6.07, 6.45) is 0. The topological polar surface area (TPSA) is 96.8 Å². The van der Waals surface area contributed by atoms with Gasteiger partial charge in [0.25, 0.3) is 5.91 Å². The van der Waals surface area contributed by atoms with Crippen molar-refractivity contribution in [1.82, 2.24) is 0 Å². The molecule has 0 aliphatic heterocycles. The van der Waals surface area contributed by atoms with Gasteiger partial charge in [-0.15, -0.1) is 0 Å². The Morgan fingerprint density at radius 1 is 0.952 bits per heavy atom. The highest BCUT2D eigenvalue weighted by atomic mass is 16.5. The molecule has 0 heterocycles. The standard InChI is InChI=1S/C15H16N2O4/c1-19-11-7-4-8-12(20-2)14(11)21-10-6-3-5-9(13(10)16)15(17)18/h3-8H,16H2,1-2H3,(H2,17,18). The van der Waals surface area contributed by atoms with Crippen molar-refractivity contribution in [1.29, 1.82) is 0 Å². The number of hydrogen-bond donors (Lipinski definition) is 2. The lowest BCUT2D eigenvalue weighted by Crippen LogP contribution is -2.13. The van der Waals surface area contributed by atoms with E-state index >= 15 is 0 Å². The molecule has 0 bridgehead atoms. The maximum atomic E-state index is 11.3. The Balaban J connectivity index is 2.48. The molecule has 0 atom stereocenters. The van der Waals surface area contributed by atoms with Gasteiger partial charge in [0.1, 0.15) is 0 Å². The van der Waals surface area contributed by atoms with Crippen LogP contribution in [0.1, 0.15) is 10.4 Å². The van der Waals surface area contributed by atoms with Crippen LogP contribution in [0.4, 0.5) is 5.69 Å². The molecule has 0 aliphatic rings. The highest BCUT2D eigenvalue weighted by Gasteiger charge is 2.16. The Hall–Kier alpha value is -2.89. The maximum absolute atomic E-state index is 11.3. The first kappa shape index (κ1) is 14.5. The van der Waals surface area contributed by atoms with E-state index in [0.29, 0.717) is 23.0 Å². The van der Waals surface area contributed by atoms with Crippen molar-refractivity contribution in [3.05, 3.63) is 42.0 Å². The third-order valence-electron chi connectivity index (χ3n) is 2.93. The summed E-state index contributed by atoms with van der Waals surface area (Å²) in [6, 6.07) is 10.0. The van der Waals surface area contributed by atoms with Gasteiger partial charge < -0.3 is 25.7 Å². The fraction of sp³-hybridized carbons (Fsp3) is 0.133. The summed E-state index contributed by atoms with van der Waals surface area (Å²) in [7, 11) is 3.04. The van der Waals surface area contributed by atoms with Crippen LogP contribution >= 0.6 is 0 Å². The molecule has 110 valence electrons. The van der Waals surface area contributed by atoms with Crippen LogP contribution in [0.3, 0.4) is 0 Å². The molecule has 2 rings (SSSR count). The smallest absolute Gasteiger partial charge is 0.250 e. The summed E-state index contributed by atoms with van der Waals surface area (Å²) in [5.74, 6) is 1.02. The molecule has 0 aromatic heterocycles. The van der Waals surface area contributed by atoms with Gasteiger partial charge in [-0.1, -0.05) is 12.1 Å². The molecule has 1 amide bonds. The van der Waals surface area contributed by atoms with Crippen molar-refractivity contribution in [2.24, 2.45) is 5.73 Å². The van der Waals surface area contributed by atoms with Crippen molar-refractivity contribution >= 4 is 11.6 Å². The molecular weight excluding hydrogens is 272 g/mol. The Bertz CT molecular complexity index is 648. The summed E-state index contributed by atoms with van der Waals surface area (Å²) < 4.78 is 16.2. The lowest BCUT2D eigenvalue weighted by molar-refractivity contribution is 0.100. The molecule has 4 N–H and O–H groups in total. The van der Waals surface area contributed by atoms with Crippen LogP contribution in [0.2, 0.25) is 0 Å². The molecule has 0 saturated heterocycles. The second-order valence-corrected chi connectivity index (χ2v) is 4.18. The van der Waals surface area contributed by atoms with E-state index in [1.54, 1.807) is 30.3 Å². The van der Waals surface area contributed by atoms with Crippen molar-refractivity contribution in [3.63, 3.8) is 0 Å². The van der Waals surface area contributed by atoms with Gasteiger partial charge in [-0.2, -0.15) is 0 Å². The number of hydrogen-bond acceptors (Lipinski definition) is 5. The van der Waals surface area contributed by atoms with Gasteiger partial charge in [0.05, 0.1) is 25.5 Å². The van der Waals surface area contributed by atoms with Gasteiger partial charge in [-0.3, -0.25) is 4.79 Å². The Kier molecular flexibility index (Phi) is 4.18. The number of methoxy groups -OCH3 is 2. The van der Waals surface area contributed by atoms with E-state index in [1.165, 1.54) is 20.3 Å². The van der Waals surface area contributed by atoms with Crippen LogP contribution in [0.5, 0.6) is 23.0 Å². The minimum Gasteiger partial charge on any atom is -0.493 e. The first-order valence-electron chi connectivity index (χ1n) is 6.15. The molecular formula is C15H16N2O4. The highest BCUT2D eigenvalue weighted by Crippen LogP contribution is 2.41. The number of nitrogen functional groups attached to an aromatic ring is 1. The fourth-order valence-electron chi connectivity index (χ4n) is 1.88. The molecule has 2 aromatic rings. The first-order valence-corrected chi connectivity index (χ1v) is 6.15. The van der Waals surface area contributed by atoms with Gasteiger partial charge in [-0.25, -0.2) is 0 Å². The quantitative estimate of drug-likeness (QED) is 0.822. The summed E-state index contributed by atoms with van der Waals surface area (Å²) in [4.78, 5) is 11.3. The zero-order valence-corrected chi connectivity index (χ0v) is 11.8. The second kappa shape index (κ2) is 6.04. The number of carbonyl (C=O) groups excluding carboxylic acids is 1. The van der Waals surface area contributed by atoms with Gasteiger partial charge in [0.2, 0.25) is 5.75 Å². The number of anilines is 1. The maximum Gasteiger partial charge on any atom is 0.250 e. The molecule has 6 nitrogen and oxygen atoms in total. The number of rotatable bonds is 5. The number of nitrogens with two attached hydrogens (primary N) is 2. The summed E-state index contributed by atoms with van der Waals surface area (Å²) in [6.45, 7) is 0. The monoisotopic (exact) mass is 288 g/mol. The number of benzene rings is 2. The number of primary amides is 1. The number of carbonyl (C=O) groups is 1. The second-order valence-electron chi connectivity index (χ2n) is 4.18. The van der Waals surface area contributed by atoms with Crippen molar-refractivity contribution < 1.29 is 19.0 Å². The Labute approximate surface area is 122 Å². The fourth-order valence-corrected chi connectivity index (χ4v) is 1.88. The van der Waals surface area contributed by atoms with Crippen LogP contribution < -0.4 is 25.7 Å². The minimum absolute atomic E-state index is 0.165. The lowest BCUT2D eigenvalue weighted by Gasteiger charge is -2.15. The van der Waals surface area contributed by atoms with Gasteiger partial charge >= 0.3 is 0 Å². The van der Waals surface area contributed by atoms with E-state index in [2.05, 4.69) is 0 Å². The van der Waals surface area contributed by atoms with Crippen LogP contribution in [0.25, 0.3) is 0 Å². The van der Waals surface area contributed by atoms with Gasteiger partial charge in [0.15, 0.2) is 17.2 Å². The normalized spacial score (nSPS) is 10.0. The molecule has 21 heavy (non-hydrogen) atoms. The van der Waals surface area contributed by atoms with E-state index < -0.39 is 5.91 Å². The summed E-state index contributed by atoms with van der Waals surface area (Å²) >= 11 is 0. The molecule has 0 radical (unpaired) electrons. The van der Waals surface area contributed by atoms with Crippen LogP contribution in [0, 0.1) is 0 Å². The number of amides is 1. The summed E-state index contributed by atoms with van der Waals surface area (Å²) in [5.41, 5.74) is 11.5. The molecule has 0 aliphatic carbocycles. The van der Waals surface area contributed by atoms with Gasteiger partial charge in [-0.05, 0) is 24.3 Å². The van der Waals surface area contributed by atoms with Crippen molar-refractivity contribution in [2.75, 3.05) is 20.0 Å². The zero-order chi connectivity index (χ0) is 15.4. The minimum atomic E-state index is -0.620. The highest BCUT2D eigenvalue weighted by molar-refractivity contribution is 5.99. The van der Waals surface area contributed by atoms with Crippen LogP contribution in [0.15, 0.2) is 36.4 Å². The predicted molar refractivity (Wildman–Crippen MR) is 79.0 cm³/mol. The molecule has 0 unspecified atom stereocenters. The summed E-state index contributed by atoms with van der Waals surface area (Å²) in [5, 5.41) is 0. The average Bonchev–Trinajstić information content (AvgIpc) is 2.49. The molecule has 6 heteroatoms. The van der Waals surface area contributed by atoms with Crippen LogP contribution in [-0.2, 0) is 0 Å². The number of ether oxygens (including phenoxy) is 3. The van der Waals surface area contributed by atoms with E-state index in [4.69, 9.17) is 25.7 Å². The average molecular weight is 288 g/mol. The molecule has 0 saturated carbocycles. The Morgan fingerprint density at radius 3 is 2.00 bits per heavy atom. The first-order chi connectivity index (χ1) is 10.1. The van der Waals surface area contributed by atoms with Gasteiger partial charge in [0, 0.05) is 0 Å². The zero-order valence-electron chi connectivity index (χ0n) is 11.8. The van der Waals surface area contributed by atoms with Crippen LogP contribution in [-0.4, -0.2) is 20.1 Å². The number of para-hydroxylation sites is 2. The third kappa shape index (κ3) is 2.84. The van der Waals surface area contributed by atoms with Crippen molar-refractivity contribution in [3.8, 4) is 23.0 Å². The molecule has 2 aromatic carbocycles. The van der Waals surface area contributed by atoms with E-state index in [9.17, 15) is 4.79 Å². The predicted octanol–water partition coefficient (Wildman–Crippen LogP) is 2.18. The Morgan fingerprint density at radius 2 is 1.48 bits per heavy atom.